The van der Waals surface area contributed by atoms with Crippen LogP contribution in [-0.4, -0.2) is 41.9 Å². The fourth-order valence-corrected chi connectivity index (χ4v) is 3.74. The zero-order chi connectivity index (χ0) is 13.7. The van der Waals surface area contributed by atoms with Gasteiger partial charge >= 0.3 is 0 Å². The third-order valence-corrected chi connectivity index (χ3v) is 4.98. The molecule has 19 heavy (non-hydrogen) atoms. The Bertz CT molecular complexity index is 472. The van der Waals surface area contributed by atoms with E-state index >= 15 is 0 Å². The van der Waals surface area contributed by atoms with Crippen molar-refractivity contribution < 1.29 is 8.42 Å². The van der Waals surface area contributed by atoms with Gasteiger partial charge < -0.3 is 4.57 Å². The summed E-state index contributed by atoms with van der Waals surface area (Å²) < 4.78 is 30.4. The van der Waals surface area contributed by atoms with E-state index in [9.17, 15) is 8.42 Å². The number of rotatable bonds is 6. The van der Waals surface area contributed by atoms with Crippen molar-refractivity contribution in [1.29, 1.82) is 0 Å². The number of aromatic nitrogens is 2. The molecule has 0 spiro atoms. The van der Waals surface area contributed by atoms with Gasteiger partial charge in [0.2, 0.25) is 0 Å². The predicted molar refractivity (Wildman–Crippen MR) is 73.7 cm³/mol. The van der Waals surface area contributed by atoms with Crippen LogP contribution in [0.5, 0.6) is 0 Å². The molecule has 1 N–H and O–H groups in total. The molecule has 108 valence electrons. The van der Waals surface area contributed by atoms with E-state index in [1.165, 1.54) is 0 Å². The molecular weight excluding hydrogens is 264 g/mol. The quantitative estimate of drug-likeness (QED) is 0.788. The number of hydrogen-bond acceptors (Lipinski definition) is 3. The third kappa shape index (κ3) is 4.29. The minimum absolute atomic E-state index is 0.455. The van der Waals surface area contributed by atoms with Crippen LogP contribution in [0, 0.1) is 5.92 Å². The highest BCUT2D eigenvalue weighted by atomic mass is 32.2. The maximum Gasteiger partial charge on any atom is 0.279 e. The zero-order valence-electron chi connectivity index (χ0n) is 11.3. The molecule has 0 radical (unpaired) electrons. The molecule has 7 heteroatoms. The Labute approximate surface area is 115 Å². The van der Waals surface area contributed by atoms with Gasteiger partial charge in [-0.1, -0.05) is 6.92 Å². The summed E-state index contributed by atoms with van der Waals surface area (Å²) in [5.74, 6) is 0.455. The molecule has 0 saturated carbocycles. The first-order valence-electron chi connectivity index (χ1n) is 6.78. The number of nitrogens with one attached hydrogen (secondary N) is 1. The minimum atomic E-state index is -3.30. The molecule has 2 rings (SSSR count). The number of hydrogen-bond donors (Lipinski definition) is 1. The fraction of sp³-hybridized carbons (Fsp3) is 0.750. The van der Waals surface area contributed by atoms with Crippen molar-refractivity contribution in [3.05, 3.63) is 18.7 Å². The van der Waals surface area contributed by atoms with Gasteiger partial charge in [-0.15, -0.1) is 0 Å². The normalized spacial score (nSPS) is 21.6. The first-order valence-corrected chi connectivity index (χ1v) is 8.22. The van der Waals surface area contributed by atoms with E-state index in [0.29, 0.717) is 25.6 Å². The standard InChI is InChI=1S/C12H22N4O2S/c1-12-4-2-8-16(10-12)19(17,18)14-5-3-7-15-9-6-13-11-15/h6,9,11-12,14H,2-5,7-8,10H2,1H3. The predicted octanol–water partition coefficient (Wildman–Crippen LogP) is 0.839. The average Bonchev–Trinajstić information content (AvgIpc) is 2.88. The highest BCUT2D eigenvalue weighted by molar-refractivity contribution is 7.87. The van der Waals surface area contributed by atoms with Crippen LogP contribution in [0.15, 0.2) is 18.7 Å². The van der Waals surface area contributed by atoms with E-state index in [-0.39, 0.29) is 0 Å². The maximum atomic E-state index is 12.1. The molecule has 1 aromatic rings. The van der Waals surface area contributed by atoms with Crippen molar-refractivity contribution in [1.82, 2.24) is 18.6 Å². The zero-order valence-corrected chi connectivity index (χ0v) is 12.1. The van der Waals surface area contributed by atoms with Crippen molar-refractivity contribution in [2.75, 3.05) is 19.6 Å². The number of nitrogens with zero attached hydrogens (tertiary/aromatic N) is 3. The number of piperidine rings is 1. The second-order valence-electron chi connectivity index (χ2n) is 5.16. The second kappa shape index (κ2) is 6.49. The number of aryl methyl sites for hydroxylation is 1. The lowest BCUT2D eigenvalue weighted by Crippen LogP contribution is -2.45. The van der Waals surface area contributed by atoms with Gasteiger partial charge in [0.1, 0.15) is 0 Å². The van der Waals surface area contributed by atoms with E-state index in [2.05, 4.69) is 16.6 Å². The van der Waals surface area contributed by atoms with Crippen LogP contribution in [0.3, 0.4) is 0 Å². The SMILES string of the molecule is CC1CCCN(S(=O)(=O)NCCCn2ccnc2)C1. The highest BCUT2D eigenvalue weighted by Gasteiger charge is 2.26. The highest BCUT2D eigenvalue weighted by Crippen LogP contribution is 2.17. The Kier molecular flexibility index (Phi) is 4.95. The molecular formula is C12H22N4O2S. The van der Waals surface area contributed by atoms with Crippen molar-refractivity contribution in [3.8, 4) is 0 Å². The third-order valence-electron chi connectivity index (χ3n) is 3.40. The Morgan fingerprint density at radius 1 is 1.47 bits per heavy atom. The molecule has 0 bridgehead atoms. The maximum absolute atomic E-state index is 12.1. The first kappa shape index (κ1) is 14.5. The van der Waals surface area contributed by atoms with Crippen LogP contribution in [0.25, 0.3) is 0 Å². The second-order valence-corrected chi connectivity index (χ2v) is 6.91. The van der Waals surface area contributed by atoms with Crippen LogP contribution < -0.4 is 4.72 Å². The van der Waals surface area contributed by atoms with E-state index < -0.39 is 10.2 Å². The fourth-order valence-electron chi connectivity index (χ4n) is 2.34. The topological polar surface area (TPSA) is 67.2 Å². The van der Waals surface area contributed by atoms with Gasteiger partial charge in [0.15, 0.2) is 0 Å². The van der Waals surface area contributed by atoms with Gasteiger partial charge in [-0.25, -0.2) is 9.71 Å². The van der Waals surface area contributed by atoms with Gasteiger partial charge in [0.05, 0.1) is 6.33 Å². The smallest absolute Gasteiger partial charge is 0.279 e. The van der Waals surface area contributed by atoms with Crippen molar-refractivity contribution >= 4 is 10.2 Å². The summed E-state index contributed by atoms with van der Waals surface area (Å²) in [5, 5.41) is 0. The molecule has 0 aromatic carbocycles. The van der Waals surface area contributed by atoms with Gasteiger partial charge in [0, 0.05) is 38.6 Å². The Morgan fingerprint density at radius 3 is 3.00 bits per heavy atom. The molecule has 1 aliphatic rings. The van der Waals surface area contributed by atoms with Crippen molar-refractivity contribution in [2.45, 2.75) is 32.7 Å². The average molecular weight is 286 g/mol. The molecule has 1 unspecified atom stereocenters. The van der Waals surface area contributed by atoms with E-state index in [1.54, 1.807) is 16.8 Å². The Hall–Kier alpha value is -0.920. The molecule has 6 nitrogen and oxygen atoms in total. The van der Waals surface area contributed by atoms with Gasteiger partial charge in [-0.3, -0.25) is 0 Å². The Balaban J connectivity index is 1.74. The molecule has 0 aliphatic carbocycles. The van der Waals surface area contributed by atoms with E-state index in [4.69, 9.17) is 0 Å². The van der Waals surface area contributed by atoms with Gasteiger partial charge in [-0.2, -0.15) is 12.7 Å². The summed E-state index contributed by atoms with van der Waals surface area (Å²) in [5.41, 5.74) is 0. The Morgan fingerprint density at radius 2 is 2.32 bits per heavy atom. The molecule has 1 atom stereocenters. The summed E-state index contributed by atoms with van der Waals surface area (Å²) in [4.78, 5) is 3.95. The van der Waals surface area contributed by atoms with E-state index in [1.807, 2.05) is 10.8 Å². The van der Waals surface area contributed by atoms with Crippen molar-refractivity contribution in [2.24, 2.45) is 5.92 Å². The van der Waals surface area contributed by atoms with E-state index in [0.717, 1.165) is 25.8 Å². The van der Waals surface area contributed by atoms with Crippen LogP contribution in [0.2, 0.25) is 0 Å². The van der Waals surface area contributed by atoms with Crippen LogP contribution in [0.4, 0.5) is 0 Å². The first-order chi connectivity index (χ1) is 9.08. The number of imidazole rings is 1. The summed E-state index contributed by atoms with van der Waals surface area (Å²) in [7, 11) is -3.30. The minimum Gasteiger partial charge on any atom is -0.337 e. The van der Waals surface area contributed by atoms with Crippen molar-refractivity contribution in [3.63, 3.8) is 0 Å². The molecule has 1 fully saturated rings. The van der Waals surface area contributed by atoms with Crippen LogP contribution in [-0.2, 0) is 16.8 Å². The molecule has 2 heterocycles. The summed E-state index contributed by atoms with van der Waals surface area (Å²) in [6.07, 6.45) is 8.17. The molecule has 1 saturated heterocycles. The van der Waals surface area contributed by atoms with Crippen LogP contribution >= 0.6 is 0 Å². The summed E-state index contributed by atoms with van der Waals surface area (Å²) >= 11 is 0. The summed E-state index contributed by atoms with van der Waals surface area (Å²) in [6.45, 7) is 4.61. The summed E-state index contributed by atoms with van der Waals surface area (Å²) in [6, 6.07) is 0. The molecule has 1 aliphatic heterocycles. The van der Waals surface area contributed by atoms with Gasteiger partial charge in [-0.05, 0) is 25.2 Å². The molecule has 0 amide bonds. The van der Waals surface area contributed by atoms with Gasteiger partial charge in [0.25, 0.3) is 10.2 Å². The monoisotopic (exact) mass is 286 g/mol. The largest absolute Gasteiger partial charge is 0.337 e. The molecule has 1 aromatic heterocycles. The lowest BCUT2D eigenvalue weighted by atomic mass is 10.0. The lowest BCUT2D eigenvalue weighted by molar-refractivity contribution is 0.278. The lowest BCUT2D eigenvalue weighted by Gasteiger charge is -2.29. The van der Waals surface area contributed by atoms with Crippen LogP contribution in [0.1, 0.15) is 26.2 Å².